The Kier molecular flexibility index (Phi) is 6.14. The van der Waals surface area contributed by atoms with Gasteiger partial charge in [-0.15, -0.1) is 0 Å². The van der Waals surface area contributed by atoms with Gasteiger partial charge in [0.15, 0.2) is 0 Å². The predicted octanol–water partition coefficient (Wildman–Crippen LogP) is 4.27. The molecule has 12 heavy (non-hydrogen) atoms. The fourth-order valence-corrected chi connectivity index (χ4v) is 1.94. The first-order valence-electron chi connectivity index (χ1n) is 5.19. The van der Waals surface area contributed by atoms with E-state index in [0.717, 1.165) is 17.8 Å². The van der Waals surface area contributed by atoms with E-state index in [9.17, 15) is 0 Å². The summed E-state index contributed by atoms with van der Waals surface area (Å²) in [5, 5.41) is 0. The topological polar surface area (TPSA) is 0 Å². The van der Waals surface area contributed by atoms with Crippen molar-refractivity contribution in [3.63, 3.8) is 0 Å². The SMILES string of the molecule is C/C=C/C(C)CC(C)CC(C)C. The van der Waals surface area contributed by atoms with Crippen molar-refractivity contribution in [3.8, 4) is 0 Å². The first-order valence-corrected chi connectivity index (χ1v) is 5.19. The number of rotatable bonds is 5. The van der Waals surface area contributed by atoms with Crippen molar-refractivity contribution in [3.05, 3.63) is 12.2 Å². The quantitative estimate of drug-likeness (QED) is 0.538. The van der Waals surface area contributed by atoms with Crippen LogP contribution in [0.4, 0.5) is 0 Å². The summed E-state index contributed by atoms with van der Waals surface area (Å²) in [4.78, 5) is 0. The summed E-state index contributed by atoms with van der Waals surface area (Å²) >= 11 is 0. The van der Waals surface area contributed by atoms with E-state index in [0.29, 0.717) is 0 Å². The van der Waals surface area contributed by atoms with Gasteiger partial charge in [-0.25, -0.2) is 0 Å². The Morgan fingerprint density at radius 3 is 2.00 bits per heavy atom. The molecule has 0 nitrogen and oxygen atoms in total. The molecular weight excluding hydrogens is 144 g/mol. The Bertz CT molecular complexity index is 122. The van der Waals surface area contributed by atoms with Crippen molar-refractivity contribution in [2.45, 2.75) is 47.5 Å². The van der Waals surface area contributed by atoms with Gasteiger partial charge in [0.1, 0.15) is 0 Å². The molecule has 0 aliphatic heterocycles. The lowest BCUT2D eigenvalue weighted by atomic mass is 9.90. The van der Waals surface area contributed by atoms with Crippen LogP contribution < -0.4 is 0 Å². The molecule has 0 bridgehead atoms. The average Bonchev–Trinajstić information content (AvgIpc) is 1.84. The Balaban J connectivity index is 3.60. The molecule has 0 rings (SSSR count). The van der Waals surface area contributed by atoms with Crippen LogP contribution in [0.3, 0.4) is 0 Å². The molecule has 0 aromatic rings. The molecular formula is C12H24. The second-order valence-corrected chi connectivity index (χ2v) is 4.47. The smallest absolute Gasteiger partial charge is 0.0260 e. The van der Waals surface area contributed by atoms with Crippen molar-refractivity contribution < 1.29 is 0 Å². The van der Waals surface area contributed by atoms with E-state index in [4.69, 9.17) is 0 Å². The Morgan fingerprint density at radius 2 is 1.58 bits per heavy atom. The highest BCUT2D eigenvalue weighted by atomic mass is 14.1. The van der Waals surface area contributed by atoms with Crippen LogP contribution in [0.15, 0.2) is 12.2 Å². The van der Waals surface area contributed by atoms with Gasteiger partial charge >= 0.3 is 0 Å². The summed E-state index contributed by atoms with van der Waals surface area (Å²) in [6, 6.07) is 0. The first kappa shape index (κ1) is 11.7. The van der Waals surface area contributed by atoms with Crippen LogP contribution in [0.1, 0.15) is 47.5 Å². The summed E-state index contributed by atoms with van der Waals surface area (Å²) < 4.78 is 0. The fraction of sp³-hybridized carbons (Fsp3) is 0.833. The third kappa shape index (κ3) is 6.45. The van der Waals surface area contributed by atoms with Crippen molar-refractivity contribution >= 4 is 0 Å². The molecule has 0 aromatic carbocycles. The Morgan fingerprint density at radius 1 is 1.00 bits per heavy atom. The third-order valence-corrected chi connectivity index (χ3v) is 2.17. The lowest BCUT2D eigenvalue weighted by molar-refractivity contribution is 0.383. The lowest BCUT2D eigenvalue weighted by Gasteiger charge is -2.16. The van der Waals surface area contributed by atoms with Gasteiger partial charge in [0, 0.05) is 0 Å². The normalized spacial score (nSPS) is 17.2. The minimum Gasteiger partial charge on any atom is -0.0914 e. The molecule has 0 aliphatic carbocycles. The van der Waals surface area contributed by atoms with Crippen molar-refractivity contribution in [2.24, 2.45) is 17.8 Å². The van der Waals surface area contributed by atoms with E-state index in [1.165, 1.54) is 12.8 Å². The van der Waals surface area contributed by atoms with Crippen LogP contribution in [0.2, 0.25) is 0 Å². The van der Waals surface area contributed by atoms with E-state index in [1.807, 2.05) is 0 Å². The van der Waals surface area contributed by atoms with Crippen LogP contribution in [-0.2, 0) is 0 Å². The average molecular weight is 168 g/mol. The Labute approximate surface area is 78.1 Å². The van der Waals surface area contributed by atoms with Gasteiger partial charge in [-0.3, -0.25) is 0 Å². The Hall–Kier alpha value is -0.260. The van der Waals surface area contributed by atoms with Gasteiger partial charge < -0.3 is 0 Å². The standard InChI is InChI=1S/C12H24/c1-6-7-11(4)9-12(5)8-10(2)3/h6-7,10-12H,8-9H2,1-5H3/b7-6+. The predicted molar refractivity (Wildman–Crippen MR) is 57.2 cm³/mol. The molecule has 0 saturated heterocycles. The van der Waals surface area contributed by atoms with Crippen molar-refractivity contribution in [2.75, 3.05) is 0 Å². The summed E-state index contributed by atoms with van der Waals surface area (Å²) in [7, 11) is 0. The molecule has 0 N–H and O–H groups in total. The number of hydrogen-bond acceptors (Lipinski definition) is 0. The molecule has 0 heterocycles. The second-order valence-electron chi connectivity index (χ2n) is 4.47. The first-order chi connectivity index (χ1) is 5.56. The highest BCUT2D eigenvalue weighted by Crippen LogP contribution is 2.19. The van der Waals surface area contributed by atoms with E-state index in [2.05, 4.69) is 46.8 Å². The zero-order valence-corrected chi connectivity index (χ0v) is 9.30. The molecule has 72 valence electrons. The van der Waals surface area contributed by atoms with Crippen LogP contribution in [0.25, 0.3) is 0 Å². The van der Waals surface area contributed by atoms with Gasteiger partial charge in [0.05, 0.1) is 0 Å². The van der Waals surface area contributed by atoms with E-state index >= 15 is 0 Å². The monoisotopic (exact) mass is 168 g/mol. The zero-order valence-electron chi connectivity index (χ0n) is 9.30. The molecule has 2 atom stereocenters. The zero-order chi connectivity index (χ0) is 9.56. The molecule has 2 unspecified atom stereocenters. The molecule has 0 spiro atoms. The molecule has 0 aromatic heterocycles. The van der Waals surface area contributed by atoms with Crippen LogP contribution in [0, 0.1) is 17.8 Å². The van der Waals surface area contributed by atoms with Gasteiger partial charge in [0.25, 0.3) is 0 Å². The molecule has 0 radical (unpaired) electrons. The molecule has 0 saturated carbocycles. The highest BCUT2D eigenvalue weighted by molar-refractivity contribution is 4.83. The van der Waals surface area contributed by atoms with Crippen LogP contribution >= 0.6 is 0 Å². The molecule has 0 amide bonds. The second kappa shape index (κ2) is 6.28. The molecule has 0 aliphatic rings. The maximum atomic E-state index is 2.36. The summed E-state index contributed by atoms with van der Waals surface area (Å²) in [6.45, 7) is 11.4. The van der Waals surface area contributed by atoms with Gasteiger partial charge in [-0.05, 0) is 37.5 Å². The van der Waals surface area contributed by atoms with Crippen LogP contribution in [0.5, 0.6) is 0 Å². The largest absolute Gasteiger partial charge is 0.0914 e. The van der Waals surface area contributed by atoms with Crippen molar-refractivity contribution in [1.82, 2.24) is 0 Å². The fourth-order valence-electron chi connectivity index (χ4n) is 1.94. The minimum atomic E-state index is 0.753. The van der Waals surface area contributed by atoms with Gasteiger partial charge in [-0.1, -0.05) is 39.8 Å². The van der Waals surface area contributed by atoms with Crippen molar-refractivity contribution in [1.29, 1.82) is 0 Å². The van der Waals surface area contributed by atoms with E-state index < -0.39 is 0 Å². The highest BCUT2D eigenvalue weighted by Gasteiger charge is 2.07. The molecule has 0 fully saturated rings. The third-order valence-electron chi connectivity index (χ3n) is 2.17. The minimum absolute atomic E-state index is 0.753. The number of hydrogen-bond donors (Lipinski definition) is 0. The maximum absolute atomic E-state index is 2.36. The number of allylic oxidation sites excluding steroid dienone is 2. The molecule has 0 heteroatoms. The maximum Gasteiger partial charge on any atom is -0.0260 e. The van der Waals surface area contributed by atoms with E-state index in [-0.39, 0.29) is 0 Å². The van der Waals surface area contributed by atoms with Gasteiger partial charge in [-0.2, -0.15) is 0 Å². The summed E-state index contributed by atoms with van der Waals surface area (Å²) in [5.74, 6) is 2.47. The van der Waals surface area contributed by atoms with Gasteiger partial charge in [0.2, 0.25) is 0 Å². The summed E-state index contributed by atoms with van der Waals surface area (Å²) in [6.07, 6.45) is 7.16. The lowest BCUT2D eigenvalue weighted by Crippen LogP contribution is -2.04. The van der Waals surface area contributed by atoms with E-state index in [1.54, 1.807) is 0 Å². The summed E-state index contributed by atoms with van der Waals surface area (Å²) in [5.41, 5.74) is 0. The van der Waals surface area contributed by atoms with Crippen LogP contribution in [-0.4, -0.2) is 0 Å².